The first-order chi connectivity index (χ1) is 9.64. The summed E-state index contributed by atoms with van der Waals surface area (Å²) in [5.41, 5.74) is 6.92. The largest absolute Gasteiger partial charge is 0.342 e. The zero-order valence-electron chi connectivity index (χ0n) is 13.0. The molecule has 0 aromatic heterocycles. The summed E-state index contributed by atoms with van der Waals surface area (Å²) >= 11 is 0. The van der Waals surface area contributed by atoms with Crippen molar-refractivity contribution in [3.05, 3.63) is 35.9 Å². The molecule has 118 valence electrons. The minimum atomic E-state index is -3.19. The Morgan fingerprint density at radius 3 is 2.24 bits per heavy atom. The van der Waals surface area contributed by atoms with Crippen LogP contribution >= 0.6 is 0 Å². The number of hydrogen-bond acceptors (Lipinski definition) is 4. The monoisotopic (exact) mass is 312 g/mol. The van der Waals surface area contributed by atoms with E-state index in [2.05, 4.69) is 0 Å². The maximum absolute atomic E-state index is 12.3. The van der Waals surface area contributed by atoms with Crippen LogP contribution < -0.4 is 5.73 Å². The lowest BCUT2D eigenvalue weighted by Crippen LogP contribution is -2.45. The highest BCUT2D eigenvalue weighted by molar-refractivity contribution is 7.91. The van der Waals surface area contributed by atoms with Gasteiger partial charge in [-0.15, -0.1) is 0 Å². The van der Waals surface area contributed by atoms with E-state index in [0.717, 1.165) is 5.56 Å². The van der Waals surface area contributed by atoms with E-state index in [1.807, 2.05) is 30.3 Å². The van der Waals surface area contributed by atoms with E-state index in [4.69, 9.17) is 5.73 Å². The van der Waals surface area contributed by atoms with Gasteiger partial charge in [0.15, 0.2) is 9.84 Å². The van der Waals surface area contributed by atoms with Crippen LogP contribution in [0.4, 0.5) is 0 Å². The third-order valence-corrected chi connectivity index (χ3v) is 5.73. The molecule has 2 N–H and O–H groups in total. The van der Waals surface area contributed by atoms with Crippen LogP contribution in [0.1, 0.15) is 31.9 Å². The molecule has 1 rings (SSSR count). The number of nitrogens with zero attached hydrogens (tertiary/aromatic N) is 1. The standard InChI is InChI=1S/C15H24N2O3S/c1-11(12(2)21(4,19)20)17(3)15(18)10-14(16)13-8-6-5-7-9-13/h5-9,11-12,14H,10,16H2,1-4H3. The summed E-state index contributed by atoms with van der Waals surface area (Å²) in [5, 5.41) is -0.612. The van der Waals surface area contributed by atoms with Crippen molar-refractivity contribution in [1.29, 1.82) is 0 Å². The molecule has 3 unspecified atom stereocenters. The van der Waals surface area contributed by atoms with Crippen LogP contribution in [0.25, 0.3) is 0 Å². The predicted octanol–water partition coefficient (Wildman–Crippen LogP) is 1.36. The first-order valence-electron chi connectivity index (χ1n) is 6.89. The minimum absolute atomic E-state index is 0.154. The number of amides is 1. The molecule has 21 heavy (non-hydrogen) atoms. The lowest BCUT2D eigenvalue weighted by Gasteiger charge is -2.29. The highest BCUT2D eigenvalue weighted by atomic mass is 32.2. The molecular weight excluding hydrogens is 288 g/mol. The fourth-order valence-corrected chi connectivity index (χ4v) is 2.95. The molecule has 0 saturated carbocycles. The molecule has 0 aliphatic rings. The molecule has 0 saturated heterocycles. The van der Waals surface area contributed by atoms with Gasteiger partial charge < -0.3 is 10.6 Å². The molecule has 1 amide bonds. The molecule has 0 spiro atoms. The summed E-state index contributed by atoms with van der Waals surface area (Å²) in [5.74, 6) is -0.158. The molecule has 0 radical (unpaired) electrons. The van der Waals surface area contributed by atoms with E-state index in [1.54, 1.807) is 20.9 Å². The van der Waals surface area contributed by atoms with Crippen molar-refractivity contribution < 1.29 is 13.2 Å². The number of rotatable bonds is 6. The Morgan fingerprint density at radius 1 is 1.24 bits per heavy atom. The Balaban J connectivity index is 2.71. The highest BCUT2D eigenvalue weighted by Crippen LogP contribution is 2.17. The average Bonchev–Trinajstić information content (AvgIpc) is 2.44. The zero-order valence-corrected chi connectivity index (χ0v) is 13.8. The Hall–Kier alpha value is -1.40. The van der Waals surface area contributed by atoms with Crippen LogP contribution in [-0.2, 0) is 14.6 Å². The van der Waals surface area contributed by atoms with Gasteiger partial charge in [-0.1, -0.05) is 30.3 Å². The van der Waals surface area contributed by atoms with E-state index in [0.29, 0.717) is 0 Å². The van der Waals surface area contributed by atoms with Crippen LogP contribution in [0.5, 0.6) is 0 Å². The van der Waals surface area contributed by atoms with Crippen molar-refractivity contribution in [3.8, 4) is 0 Å². The van der Waals surface area contributed by atoms with Gasteiger partial charge in [-0.3, -0.25) is 4.79 Å². The second-order valence-electron chi connectivity index (χ2n) is 5.50. The van der Waals surface area contributed by atoms with Gasteiger partial charge >= 0.3 is 0 Å². The summed E-state index contributed by atoms with van der Waals surface area (Å²) in [7, 11) is -1.57. The Labute approximate surface area is 127 Å². The topological polar surface area (TPSA) is 80.5 Å². The number of carbonyl (C=O) groups excluding carboxylic acids is 1. The molecule has 0 aliphatic carbocycles. The number of carbonyl (C=O) groups is 1. The van der Waals surface area contributed by atoms with Crippen molar-refractivity contribution >= 4 is 15.7 Å². The highest BCUT2D eigenvalue weighted by Gasteiger charge is 2.28. The van der Waals surface area contributed by atoms with Crippen LogP contribution in [0.15, 0.2) is 30.3 Å². The van der Waals surface area contributed by atoms with E-state index in [-0.39, 0.29) is 18.4 Å². The summed E-state index contributed by atoms with van der Waals surface area (Å²) in [4.78, 5) is 13.7. The Kier molecular flexibility index (Phi) is 5.92. The minimum Gasteiger partial charge on any atom is -0.342 e. The van der Waals surface area contributed by atoms with Crippen LogP contribution in [0.3, 0.4) is 0 Å². The number of sulfone groups is 1. The Bertz CT molecular complexity index is 572. The zero-order chi connectivity index (χ0) is 16.2. The van der Waals surface area contributed by atoms with Crippen molar-refractivity contribution in [1.82, 2.24) is 4.90 Å². The SMILES string of the molecule is CC(C(C)S(C)(=O)=O)N(C)C(=O)CC(N)c1ccccc1. The first kappa shape index (κ1) is 17.7. The van der Waals surface area contributed by atoms with E-state index in [9.17, 15) is 13.2 Å². The molecule has 1 aromatic rings. The van der Waals surface area contributed by atoms with Gasteiger partial charge in [0, 0.05) is 31.8 Å². The van der Waals surface area contributed by atoms with Crippen LogP contribution in [-0.4, -0.2) is 43.8 Å². The van der Waals surface area contributed by atoms with Crippen LogP contribution in [0, 0.1) is 0 Å². The fourth-order valence-electron chi connectivity index (χ4n) is 2.05. The van der Waals surface area contributed by atoms with Crippen molar-refractivity contribution in [3.63, 3.8) is 0 Å². The maximum atomic E-state index is 12.3. The third-order valence-electron chi connectivity index (χ3n) is 3.98. The summed E-state index contributed by atoms with van der Waals surface area (Å²) in [6.07, 6.45) is 1.34. The van der Waals surface area contributed by atoms with Crippen molar-refractivity contribution in [2.24, 2.45) is 5.73 Å². The summed E-state index contributed by atoms with van der Waals surface area (Å²) in [6, 6.07) is 8.61. The van der Waals surface area contributed by atoms with Gasteiger partial charge in [-0.2, -0.15) is 0 Å². The fraction of sp³-hybridized carbons (Fsp3) is 0.533. The molecule has 3 atom stereocenters. The number of benzene rings is 1. The van der Waals surface area contributed by atoms with E-state index in [1.165, 1.54) is 11.2 Å². The lowest BCUT2D eigenvalue weighted by atomic mass is 10.0. The van der Waals surface area contributed by atoms with Gasteiger partial charge in [0.25, 0.3) is 0 Å². The molecule has 6 heteroatoms. The molecule has 0 heterocycles. The number of nitrogens with two attached hydrogens (primary N) is 1. The van der Waals surface area contributed by atoms with Gasteiger partial charge in [-0.05, 0) is 19.4 Å². The second kappa shape index (κ2) is 7.04. The van der Waals surface area contributed by atoms with Crippen molar-refractivity contribution in [2.75, 3.05) is 13.3 Å². The average molecular weight is 312 g/mol. The molecular formula is C15H24N2O3S. The molecule has 0 bridgehead atoms. The van der Waals surface area contributed by atoms with Gasteiger partial charge in [0.05, 0.1) is 5.25 Å². The smallest absolute Gasteiger partial charge is 0.224 e. The summed E-state index contributed by atoms with van der Waals surface area (Å²) < 4.78 is 23.2. The first-order valence-corrected chi connectivity index (χ1v) is 8.85. The summed E-state index contributed by atoms with van der Waals surface area (Å²) in [6.45, 7) is 3.35. The van der Waals surface area contributed by atoms with Gasteiger partial charge in [0.2, 0.25) is 5.91 Å². The molecule has 0 aliphatic heterocycles. The Morgan fingerprint density at radius 2 is 1.76 bits per heavy atom. The predicted molar refractivity (Wildman–Crippen MR) is 84.5 cm³/mol. The van der Waals surface area contributed by atoms with Gasteiger partial charge in [0.1, 0.15) is 0 Å². The van der Waals surface area contributed by atoms with Gasteiger partial charge in [-0.25, -0.2) is 8.42 Å². The molecule has 1 aromatic carbocycles. The molecule has 5 nitrogen and oxygen atoms in total. The second-order valence-corrected chi connectivity index (χ2v) is 7.90. The lowest BCUT2D eigenvalue weighted by molar-refractivity contribution is -0.132. The maximum Gasteiger partial charge on any atom is 0.224 e. The van der Waals surface area contributed by atoms with Crippen LogP contribution in [0.2, 0.25) is 0 Å². The third kappa shape index (κ3) is 4.82. The number of hydrogen-bond donors (Lipinski definition) is 1. The van der Waals surface area contributed by atoms with E-state index >= 15 is 0 Å². The molecule has 0 fully saturated rings. The van der Waals surface area contributed by atoms with E-state index < -0.39 is 21.1 Å². The quantitative estimate of drug-likeness (QED) is 0.860. The van der Waals surface area contributed by atoms with Crippen molar-refractivity contribution in [2.45, 2.75) is 37.6 Å². The normalized spacial score (nSPS) is 16.0.